The van der Waals surface area contributed by atoms with Gasteiger partial charge >= 0.3 is 6.18 Å². The van der Waals surface area contributed by atoms with Gasteiger partial charge in [-0.05, 0) is 43.8 Å². The van der Waals surface area contributed by atoms with Crippen molar-refractivity contribution in [3.8, 4) is 5.69 Å². The van der Waals surface area contributed by atoms with E-state index in [1.54, 1.807) is 25.1 Å². The molecule has 30 heavy (non-hydrogen) atoms. The summed E-state index contributed by atoms with van der Waals surface area (Å²) in [4.78, 5) is 14.7. The van der Waals surface area contributed by atoms with Crippen molar-refractivity contribution in [2.45, 2.75) is 26.2 Å². The number of carbonyl (C=O) groups is 1. The van der Waals surface area contributed by atoms with Gasteiger partial charge in [0.2, 0.25) is 0 Å². The molecule has 3 rings (SSSR count). The van der Waals surface area contributed by atoms with E-state index in [9.17, 15) is 18.0 Å². The fourth-order valence-electron chi connectivity index (χ4n) is 3.27. The minimum absolute atomic E-state index is 0.121. The summed E-state index contributed by atoms with van der Waals surface area (Å²) < 4.78 is 42.3. The molecule has 0 aliphatic rings. The summed E-state index contributed by atoms with van der Waals surface area (Å²) in [6, 6.07) is 14.1. The molecular formula is C22H23F3N4O. The molecule has 1 N–H and O–H groups in total. The van der Waals surface area contributed by atoms with E-state index in [4.69, 9.17) is 0 Å². The fraction of sp³-hybridized carbons (Fsp3) is 0.273. The molecule has 5 nitrogen and oxygen atoms in total. The first kappa shape index (κ1) is 21.6. The predicted molar refractivity (Wildman–Crippen MR) is 108 cm³/mol. The van der Waals surface area contributed by atoms with Crippen molar-refractivity contribution in [2.75, 3.05) is 14.1 Å². The van der Waals surface area contributed by atoms with Gasteiger partial charge < -0.3 is 10.2 Å². The molecule has 0 bridgehead atoms. The molecule has 0 aliphatic carbocycles. The lowest BCUT2D eigenvalue weighted by molar-refractivity contribution is -0.143. The zero-order valence-corrected chi connectivity index (χ0v) is 17.0. The first-order valence-electron chi connectivity index (χ1n) is 9.39. The number of aryl methyl sites for hydroxylation is 1. The molecule has 0 radical (unpaired) electrons. The first-order valence-corrected chi connectivity index (χ1v) is 9.39. The van der Waals surface area contributed by atoms with E-state index < -0.39 is 23.3 Å². The molecule has 158 valence electrons. The van der Waals surface area contributed by atoms with Gasteiger partial charge in [-0.1, -0.05) is 42.5 Å². The lowest BCUT2D eigenvalue weighted by Gasteiger charge is -2.16. The van der Waals surface area contributed by atoms with Gasteiger partial charge in [0.05, 0.1) is 17.4 Å². The van der Waals surface area contributed by atoms with Crippen LogP contribution in [0.2, 0.25) is 0 Å². The Morgan fingerprint density at radius 2 is 1.70 bits per heavy atom. The predicted octanol–water partition coefficient (Wildman–Crippen LogP) is 4.19. The van der Waals surface area contributed by atoms with Gasteiger partial charge in [-0.25, -0.2) is 4.68 Å². The number of para-hydroxylation sites is 1. The third-order valence-corrected chi connectivity index (χ3v) is 4.67. The van der Waals surface area contributed by atoms with Crippen molar-refractivity contribution in [3.05, 3.63) is 82.7 Å². The van der Waals surface area contributed by atoms with Gasteiger partial charge in [-0.2, -0.15) is 18.3 Å². The van der Waals surface area contributed by atoms with E-state index >= 15 is 0 Å². The average Bonchev–Trinajstić information content (AvgIpc) is 3.12. The second-order valence-electron chi connectivity index (χ2n) is 7.29. The zero-order valence-electron chi connectivity index (χ0n) is 17.0. The highest BCUT2D eigenvalue weighted by atomic mass is 19.4. The molecular weight excluding hydrogens is 393 g/mol. The molecule has 1 amide bonds. The number of aromatic nitrogens is 2. The van der Waals surface area contributed by atoms with Gasteiger partial charge in [0.1, 0.15) is 0 Å². The number of nitrogens with one attached hydrogen (secondary N) is 1. The summed E-state index contributed by atoms with van der Waals surface area (Å²) >= 11 is 0. The van der Waals surface area contributed by atoms with Crippen LogP contribution < -0.4 is 5.32 Å². The molecule has 0 fully saturated rings. The van der Waals surface area contributed by atoms with E-state index in [0.717, 1.165) is 22.0 Å². The molecule has 2 aromatic carbocycles. The monoisotopic (exact) mass is 416 g/mol. The highest BCUT2D eigenvalue weighted by Gasteiger charge is 2.40. The minimum Gasteiger partial charge on any atom is -0.348 e. The summed E-state index contributed by atoms with van der Waals surface area (Å²) in [6.07, 6.45) is -3.77. The van der Waals surface area contributed by atoms with E-state index in [0.29, 0.717) is 12.1 Å². The molecule has 8 heteroatoms. The summed E-state index contributed by atoms with van der Waals surface area (Å²) in [7, 11) is 3.84. The standard InChI is InChI=1S/C22H23F3N4O/c1-15-8-4-7-11-19(15)29-20(22(23,24)25)18(13-27-29)21(30)26-12-16-9-5-6-10-17(16)14-28(2)3/h4-11,13H,12,14H2,1-3H3,(H,26,30). The van der Waals surface area contributed by atoms with Gasteiger partial charge in [-0.15, -0.1) is 0 Å². The molecule has 0 unspecified atom stereocenters. The number of rotatable bonds is 6. The molecule has 1 heterocycles. The van der Waals surface area contributed by atoms with Gasteiger partial charge in [0.15, 0.2) is 5.69 Å². The number of nitrogens with zero attached hydrogens (tertiary/aromatic N) is 3. The second-order valence-corrected chi connectivity index (χ2v) is 7.29. The number of alkyl halides is 3. The Hall–Kier alpha value is -3.13. The third-order valence-electron chi connectivity index (χ3n) is 4.67. The maximum Gasteiger partial charge on any atom is 0.434 e. The Morgan fingerprint density at radius 1 is 1.07 bits per heavy atom. The van der Waals surface area contributed by atoms with Crippen molar-refractivity contribution < 1.29 is 18.0 Å². The Labute approximate surface area is 173 Å². The molecule has 0 saturated heterocycles. The second kappa shape index (κ2) is 8.71. The van der Waals surface area contributed by atoms with Gasteiger partial charge in [-0.3, -0.25) is 4.79 Å². The van der Waals surface area contributed by atoms with Crippen molar-refractivity contribution >= 4 is 5.91 Å². The fourth-order valence-corrected chi connectivity index (χ4v) is 3.27. The quantitative estimate of drug-likeness (QED) is 0.656. The van der Waals surface area contributed by atoms with E-state index in [1.807, 2.05) is 43.3 Å². The van der Waals surface area contributed by atoms with Crippen LogP contribution in [0, 0.1) is 6.92 Å². The van der Waals surface area contributed by atoms with Crippen LogP contribution in [0.4, 0.5) is 13.2 Å². The van der Waals surface area contributed by atoms with Crippen LogP contribution >= 0.6 is 0 Å². The number of hydrogen-bond acceptors (Lipinski definition) is 3. The van der Waals surface area contributed by atoms with Crippen LogP contribution in [0.3, 0.4) is 0 Å². The molecule has 0 aliphatic heterocycles. The zero-order chi connectivity index (χ0) is 21.9. The number of carbonyl (C=O) groups excluding carboxylic acids is 1. The number of hydrogen-bond donors (Lipinski definition) is 1. The number of halogens is 3. The normalized spacial score (nSPS) is 11.7. The Balaban J connectivity index is 1.90. The summed E-state index contributed by atoms with van der Waals surface area (Å²) in [5.41, 5.74) is 1.15. The van der Waals surface area contributed by atoms with Crippen molar-refractivity contribution in [1.82, 2.24) is 20.0 Å². The van der Waals surface area contributed by atoms with Crippen LogP contribution in [-0.4, -0.2) is 34.7 Å². The molecule has 1 aromatic heterocycles. The number of benzene rings is 2. The van der Waals surface area contributed by atoms with Gasteiger partial charge in [0.25, 0.3) is 5.91 Å². The highest BCUT2D eigenvalue weighted by molar-refractivity contribution is 5.95. The van der Waals surface area contributed by atoms with Gasteiger partial charge in [0, 0.05) is 13.1 Å². The summed E-state index contributed by atoms with van der Waals surface area (Å²) in [5, 5.41) is 6.49. The SMILES string of the molecule is Cc1ccccc1-n1ncc(C(=O)NCc2ccccc2CN(C)C)c1C(F)(F)F. The minimum atomic E-state index is -4.74. The summed E-state index contributed by atoms with van der Waals surface area (Å²) in [5.74, 6) is -0.818. The van der Waals surface area contributed by atoms with Crippen LogP contribution in [0.15, 0.2) is 54.7 Å². The smallest absolute Gasteiger partial charge is 0.348 e. The molecule has 0 spiro atoms. The third kappa shape index (κ3) is 4.71. The average molecular weight is 416 g/mol. The van der Waals surface area contributed by atoms with Crippen molar-refractivity contribution in [1.29, 1.82) is 0 Å². The van der Waals surface area contributed by atoms with Crippen LogP contribution in [0.5, 0.6) is 0 Å². The largest absolute Gasteiger partial charge is 0.434 e. The Kier molecular flexibility index (Phi) is 6.26. The van der Waals surface area contributed by atoms with Crippen molar-refractivity contribution in [3.63, 3.8) is 0 Å². The van der Waals surface area contributed by atoms with Crippen molar-refractivity contribution in [2.24, 2.45) is 0 Å². The molecule has 0 saturated carbocycles. The lowest BCUT2D eigenvalue weighted by Crippen LogP contribution is -2.27. The first-order chi connectivity index (χ1) is 14.2. The summed E-state index contributed by atoms with van der Waals surface area (Å²) in [6.45, 7) is 2.47. The number of amides is 1. The Morgan fingerprint density at radius 3 is 2.33 bits per heavy atom. The highest BCUT2D eigenvalue weighted by Crippen LogP contribution is 2.34. The van der Waals surface area contributed by atoms with E-state index in [2.05, 4.69) is 10.4 Å². The van der Waals surface area contributed by atoms with E-state index in [1.165, 1.54) is 6.07 Å². The maximum absolute atomic E-state index is 13.8. The lowest BCUT2D eigenvalue weighted by atomic mass is 10.1. The van der Waals surface area contributed by atoms with Crippen LogP contribution in [0.1, 0.15) is 32.7 Å². The van der Waals surface area contributed by atoms with Crippen LogP contribution in [0.25, 0.3) is 5.69 Å². The van der Waals surface area contributed by atoms with E-state index in [-0.39, 0.29) is 12.2 Å². The topological polar surface area (TPSA) is 50.2 Å². The molecule has 0 atom stereocenters. The Bertz CT molecular complexity index is 1040. The molecule has 3 aromatic rings. The maximum atomic E-state index is 13.8. The van der Waals surface area contributed by atoms with Crippen LogP contribution in [-0.2, 0) is 19.3 Å².